The summed E-state index contributed by atoms with van der Waals surface area (Å²) in [6.45, 7) is 1.59. The molecule has 3 aliphatic heterocycles. The number of Topliss-reactive ketones (excluding diaryl/α,β-unsaturated/α-hetero) is 1. The first kappa shape index (κ1) is 24.8. The lowest BCUT2D eigenvalue weighted by atomic mass is 9.94. The molecule has 0 aromatic heterocycles. The van der Waals surface area contributed by atoms with E-state index in [0.29, 0.717) is 59.7 Å². The molecule has 0 aliphatic carbocycles. The van der Waals surface area contributed by atoms with Crippen molar-refractivity contribution >= 4 is 17.4 Å². The third-order valence-electron chi connectivity index (χ3n) is 6.78. The molecule has 2 fully saturated rings. The Labute approximate surface area is 214 Å². The number of aliphatic hydroxyl groups excluding tert-OH is 1. The Morgan fingerprint density at radius 3 is 2.30 bits per heavy atom. The largest absolute Gasteiger partial charge is 0.507 e. The molecule has 10 heteroatoms. The van der Waals surface area contributed by atoms with Crippen LogP contribution in [0.15, 0.2) is 35.9 Å². The van der Waals surface area contributed by atoms with Gasteiger partial charge in [0, 0.05) is 18.7 Å². The Kier molecular flexibility index (Phi) is 6.84. The predicted molar refractivity (Wildman–Crippen MR) is 132 cm³/mol. The number of hydrogen-bond acceptors (Lipinski definition) is 9. The van der Waals surface area contributed by atoms with Gasteiger partial charge in [-0.15, -0.1) is 0 Å². The van der Waals surface area contributed by atoms with Gasteiger partial charge in [0.15, 0.2) is 23.0 Å². The first-order valence-electron chi connectivity index (χ1n) is 12.1. The highest BCUT2D eigenvalue weighted by molar-refractivity contribution is 6.46. The fourth-order valence-corrected chi connectivity index (χ4v) is 5.03. The van der Waals surface area contributed by atoms with Crippen molar-refractivity contribution in [2.45, 2.75) is 25.0 Å². The monoisotopic (exact) mass is 511 g/mol. The van der Waals surface area contributed by atoms with E-state index in [2.05, 4.69) is 0 Å². The number of methoxy groups -OCH3 is 3. The summed E-state index contributed by atoms with van der Waals surface area (Å²) in [7, 11) is 4.46. The van der Waals surface area contributed by atoms with Crippen molar-refractivity contribution < 1.29 is 43.1 Å². The fourth-order valence-electron chi connectivity index (χ4n) is 5.03. The molecule has 2 saturated heterocycles. The number of likely N-dealkylation sites (tertiary alicyclic amines) is 1. The number of carbonyl (C=O) groups is 2. The second kappa shape index (κ2) is 10.2. The Morgan fingerprint density at radius 1 is 0.973 bits per heavy atom. The summed E-state index contributed by atoms with van der Waals surface area (Å²) in [4.78, 5) is 28.2. The van der Waals surface area contributed by atoms with Gasteiger partial charge in [-0.3, -0.25) is 9.59 Å². The Bertz CT molecular complexity index is 1220. The van der Waals surface area contributed by atoms with Gasteiger partial charge < -0.3 is 38.4 Å². The van der Waals surface area contributed by atoms with Gasteiger partial charge in [-0.1, -0.05) is 0 Å². The molecule has 0 radical (unpaired) electrons. The van der Waals surface area contributed by atoms with E-state index in [0.717, 1.165) is 12.8 Å². The van der Waals surface area contributed by atoms with Crippen LogP contribution in [0.5, 0.6) is 28.7 Å². The number of aliphatic hydroxyl groups is 1. The number of ketones is 1. The van der Waals surface area contributed by atoms with Crippen molar-refractivity contribution in [3.05, 3.63) is 47.0 Å². The quantitative estimate of drug-likeness (QED) is 0.340. The minimum absolute atomic E-state index is 0.0473. The fraction of sp³-hybridized carbons (Fsp3) is 0.407. The molecule has 5 rings (SSSR count). The molecule has 10 nitrogen and oxygen atoms in total. The zero-order chi connectivity index (χ0) is 26.1. The van der Waals surface area contributed by atoms with Crippen LogP contribution in [0.4, 0.5) is 0 Å². The molecular weight excluding hydrogens is 482 g/mol. The summed E-state index contributed by atoms with van der Waals surface area (Å²) in [6.07, 6.45) is 1.44. The van der Waals surface area contributed by atoms with Crippen LogP contribution >= 0.6 is 0 Å². The van der Waals surface area contributed by atoms with E-state index in [-0.39, 0.29) is 24.0 Å². The molecule has 2 atom stereocenters. The first-order chi connectivity index (χ1) is 18.0. The number of nitrogens with zero attached hydrogens (tertiary/aromatic N) is 1. The van der Waals surface area contributed by atoms with Gasteiger partial charge in [0.05, 0.1) is 39.0 Å². The summed E-state index contributed by atoms with van der Waals surface area (Å²) >= 11 is 0. The van der Waals surface area contributed by atoms with E-state index >= 15 is 0 Å². The van der Waals surface area contributed by atoms with E-state index < -0.39 is 17.7 Å². The molecule has 196 valence electrons. The maximum absolute atomic E-state index is 13.4. The summed E-state index contributed by atoms with van der Waals surface area (Å²) in [5, 5.41) is 11.4. The Hall–Kier alpha value is -3.92. The van der Waals surface area contributed by atoms with E-state index in [9.17, 15) is 14.7 Å². The second-order valence-corrected chi connectivity index (χ2v) is 8.90. The number of benzene rings is 2. The number of carbonyl (C=O) groups excluding carboxylic acids is 2. The van der Waals surface area contributed by atoms with Crippen molar-refractivity contribution in [2.24, 2.45) is 0 Å². The highest BCUT2D eigenvalue weighted by Crippen LogP contribution is 2.46. The molecule has 1 N–H and O–H groups in total. The smallest absolute Gasteiger partial charge is 0.295 e. The van der Waals surface area contributed by atoms with Crippen molar-refractivity contribution in [1.82, 2.24) is 4.90 Å². The summed E-state index contributed by atoms with van der Waals surface area (Å²) in [5.74, 6) is 0.270. The molecule has 3 heterocycles. The van der Waals surface area contributed by atoms with E-state index in [4.69, 9.17) is 28.4 Å². The van der Waals surface area contributed by atoms with Gasteiger partial charge in [-0.05, 0) is 48.7 Å². The van der Waals surface area contributed by atoms with Crippen LogP contribution in [0.25, 0.3) is 5.76 Å². The molecule has 2 aromatic rings. The van der Waals surface area contributed by atoms with Gasteiger partial charge >= 0.3 is 0 Å². The van der Waals surface area contributed by atoms with Crippen LogP contribution in [0.3, 0.4) is 0 Å². The van der Waals surface area contributed by atoms with Gasteiger partial charge in [0.25, 0.3) is 11.7 Å². The van der Waals surface area contributed by atoms with Crippen LogP contribution in [0.2, 0.25) is 0 Å². The number of rotatable bonds is 7. The van der Waals surface area contributed by atoms with E-state index in [1.54, 1.807) is 30.3 Å². The zero-order valence-corrected chi connectivity index (χ0v) is 20.9. The predicted octanol–water partition coefficient (Wildman–Crippen LogP) is 3.08. The van der Waals surface area contributed by atoms with Crippen molar-refractivity contribution in [3.63, 3.8) is 0 Å². The molecule has 0 bridgehead atoms. The minimum Gasteiger partial charge on any atom is -0.507 e. The number of ether oxygens (including phenoxy) is 6. The first-order valence-corrected chi connectivity index (χ1v) is 12.1. The Morgan fingerprint density at radius 2 is 1.68 bits per heavy atom. The number of hydrogen-bond donors (Lipinski definition) is 1. The lowest BCUT2D eigenvalue weighted by molar-refractivity contribution is -0.140. The molecule has 1 amide bonds. The second-order valence-electron chi connectivity index (χ2n) is 8.90. The van der Waals surface area contributed by atoms with E-state index in [1.807, 2.05) is 0 Å². The molecule has 2 unspecified atom stereocenters. The summed E-state index contributed by atoms with van der Waals surface area (Å²) in [6, 6.07) is 7.34. The van der Waals surface area contributed by atoms with Crippen LogP contribution < -0.4 is 23.7 Å². The number of amides is 1. The maximum Gasteiger partial charge on any atom is 0.295 e. The topological polar surface area (TPSA) is 113 Å². The van der Waals surface area contributed by atoms with Crippen molar-refractivity contribution in [1.29, 1.82) is 0 Å². The molecule has 0 spiro atoms. The maximum atomic E-state index is 13.4. The molecular formula is C27H29NO9. The van der Waals surface area contributed by atoms with Crippen molar-refractivity contribution in [2.75, 3.05) is 47.7 Å². The standard InChI is InChI=1S/C27H29NO9/c1-32-20-12-16(13-21(33-2)26(20)34-3)23-22(25(30)27(31)28(23)14-17-5-4-8-35-17)24(29)15-6-7-18-19(11-15)37-10-9-36-18/h6-7,11-13,17,23,29H,4-5,8-10,14H2,1-3H3. The average Bonchev–Trinajstić information content (AvgIpc) is 3.53. The average molecular weight is 512 g/mol. The lowest BCUT2D eigenvalue weighted by Gasteiger charge is -2.28. The van der Waals surface area contributed by atoms with Gasteiger partial charge in [0.2, 0.25) is 5.75 Å². The third-order valence-corrected chi connectivity index (χ3v) is 6.78. The number of fused-ring (bicyclic) bond motifs is 1. The van der Waals surface area contributed by atoms with Crippen molar-refractivity contribution in [3.8, 4) is 28.7 Å². The van der Waals surface area contributed by atoms with Gasteiger partial charge in [0.1, 0.15) is 19.0 Å². The summed E-state index contributed by atoms with van der Waals surface area (Å²) in [5.41, 5.74) is 0.802. The minimum atomic E-state index is -0.911. The van der Waals surface area contributed by atoms with E-state index in [1.165, 1.54) is 26.2 Å². The highest BCUT2D eigenvalue weighted by Gasteiger charge is 2.47. The van der Waals surface area contributed by atoms with Crippen LogP contribution in [0.1, 0.15) is 30.0 Å². The zero-order valence-electron chi connectivity index (χ0n) is 20.9. The molecule has 37 heavy (non-hydrogen) atoms. The van der Waals surface area contributed by atoms with Crippen LogP contribution in [-0.2, 0) is 14.3 Å². The van der Waals surface area contributed by atoms with Crippen LogP contribution in [0, 0.1) is 0 Å². The van der Waals surface area contributed by atoms with Crippen LogP contribution in [-0.4, -0.2) is 75.5 Å². The lowest BCUT2D eigenvalue weighted by Crippen LogP contribution is -2.36. The SMILES string of the molecule is COc1cc(C2C(=C(O)c3ccc4c(c3)OCCO4)C(=O)C(=O)N2CC2CCCO2)cc(OC)c1OC. The molecule has 3 aliphatic rings. The third kappa shape index (κ3) is 4.42. The Balaban J connectivity index is 1.66. The van der Waals surface area contributed by atoms with Gasteiger partial charge in [-0.2, -0.15) is 0 Å². The highest BCUT2D eigenvalue weighted by atomic mass is 16.6. The molecule has 2 aromatic carbocycles. The normalized spacial score (nSPS) is 22.3. The molecule has 0 saturated carbocycles. The summed E-state index contributed by atoms with van der Waals surface area (Å²) < 4.78 is 33.5. The van der Waals surface area contributed by atoms with Gasteiger partial charge in [-0.25, -0.2) is 0 Å².